The number of nitrogens with one attached hydrogen (secondary N) is 1. The molecule has 3 rings (SSSR count). The fraction of sp³-hybridized carbons (Fsp3) is 0.278. The number of fused-ring (bicyclic) bond motifs is 3. The number of carbonyl (C=O) groups is 1. The van der Waals surface area contributed by atoms with E-state index in [1.165, 1.54) is 19.3 Å². The fourth-order valence-electron chi connectivity index (χ4n) is 2.82. The van der Waals surface area contributed by atoms with E-state index in [2.05, 4.69) is 4.98 Å². The predicted molar refractivity (Wildman–Crippen MR) is 97.5 cm³/mol. The molecule has 0 atom stereocenters. The number of H-pyrrole nitrogens is 1. The number of nitriles is 1. The summed E-state index contributed by atoms with van der Waals surface area (Å²) in [6, 6.07) is 4.40. The number of rotatable bonds is 1. The first-order valence-electron chi connectivity index (χ1n) is 7.98. The number of hydrogen-bond donors (Lipinski definition) is 2. The van der Waals surface area contributed by atoms with Gasteiger partial charge in [-0.15, -0.1) is 0 Å². The summed E-state index contributed by atoms with van der Waals surface area (Å²) in [5, 5.41) is 20.3. The smallest absolute Gasteiger partial charge is 0.414 e. The lowest BCUT2D eigenvalue weighted by Gasteiger charge is -2.24. The van der Waals surface area contributed by atoms with Crippen LogP contribution in [0.1, 0.15) is 26.3 Å². The van der Waals surface area contributed by atoms with Crippen LogP contribution in [0.3, 0.4) is 0 Å². The Bertz CT molecular complexity index is 1130. The number of anilines is 1. The molecule has 0 fully saturated rings. The number of aromatic nitrogens is 2. The molecule has 9 heteroatoms. The van der Waals surface area contributed by atoms with Gasteiger partial charge in [-0.2, -0.15) is 5.26 Å². The lowest BCUT2D eigenvalue weighted by atomic mass is 10.1. The van der Waals surface area contributed by atoms with Gasteiger partial charge in [-0.25, -0.2) is 14.2 Å². The normalized spacial score (nSPS) is 11.6. The largest absolute Gasteiger partial charge is 0.443 e. The van der Waals surface area contributed by atoms with Gasteiger partial charge < -0.3 is 9.94 Å². The summed E-state index contributed by atoms with van der Waals surface area (Å²) in [5.74, 6) is -0.805. The summed E-state index contributed by atoms with van der Waals surface area (Å²) in [6.45, 7) is 5.15. The van der Waals surface area contributed by atoms with E-state index >= 15 is 0 Å². The highest BCUT2D eigenvalue weighted by atomic mass is 35.5. The Morgan fingerprint density at radius 3 is 2.70 bits per heavy atom. The first-order chi connectivity index (χ1) is 12.5. The summed E-state index contributed by atoms with van der Waals surface area (Å²) in [7, 11) is 1.43. The van der Waals surface area contributed by atoms with Gasteiger partial charge in [0.15, 0.2) is 11.7 Å². The maximum absolute atomic E-state index is 14.6. The molecule has 0 radical (unpaired) electrons. The Kier molecular flexibility index (Phi) is 4.36. The zero-order valence-corrected chi connectivity index (χ0v) is 15.8. The standard InChI is InChI=1S/C18H16ClFN4O3/c1-18(2,3)27-17(25)23(4)13-6-12(20)11(7-21)14-10-5-9(19)8-24(26)16(10)22-15(13)14/h5-6,8,26H,1-4H3/p+1. The lowest BCUT2D eigenvalue weighted by molar-refractivity contribution is -0.885. The second-order valence-corrected chi connectivity index (χ2v) is 7.48. The minimum atomic E-state index is -0.805. The second kappa shape index (κ2) is 6.28. The van der Waals surface area contributed by atoms with Crippen LogP contribution in [-0.2, 0) is 4.74 Å². The number of nitrogens with zero attached hydrogens (tertiary/aromatic N) is 3. The van der Waals surface area contributed by atoms with Gasteiger partial charge in [0.05, 0.1) is 21.5 Å². The van der Waals surface area contributed by atoms with Crippen LogP contribution >= 0.6 is 11.6 Å². The number of ether oxygens (including phenoxy) is 1. The fourth-order valence-corrected chi connectivity index (χ4v) is 3.02. The molecule has 3 aromatic rings. The molecule has 0 bridgehead atoms. The van der Waals surface area contributed by atoms with Crippen molar-refractivity contribution in [2.45, 2.75) is 26.4 Å². The molecule has 2 N–H and O–H groups in total. The second-order valence-electron chi connectivity index (χ2n) is 7.04. The van der Waals surface area contributed by atoms with Crippen LogP contribution in [0, 0.1) is 17.1 Å². The van der Waals surface area contributed by atoms with Crippen molar-refractivity contribution in [3.8, 4) is 6.07 Å². The van der Waals surface area contributed by atoms with E-state index in [0.29, 0.717) is 10.9 Å². The van der Waals surface area contributed by atoms with Crippen LogP contribution in [0.15, 0.2) is 18.3 Å². The highest BCUT2D eigenvalue weighted by molar-refractivity contribution is 6.31. The lowest BCUT2D eigenvalue weighted by Crippen LogP contribution is -2.34. The van der Waals surface area contributed by atoms with Crippen molar-refractivity contribution >= 4 is 45.3 Å². The maximum atomic E-state index is 14.6. The topological polar surface area (TPSA) is 93.2 Å². The van der Waals surface area contributed by atoms with E-state index in [1.807, 2.05) is 6.07 Å². The van der Waals surface area contributed by atoms with Crippen LogP contribution in [0.4, 0.5) is 14.9 Å². The van der Waals surface area contributed by atoms with E-state index in [0.717, 1.165) is 15.7 Å². The van der Waals surface area contributed by atoms with Crippen LogP contribution in [0.25, 0.3) is 21.9 Å². The minimum Gasteiger partial charge on any atom is -0.443 e. The SMILES string of the molecule is CN(C(=O)OC(C)(C)C)c1cc(F)c(C#N)c2c1[nH]c1c2cc(Cl)c[n+]1O. The van der Waals surface area contributed by atoms with Crippen LogP contribution < -0.4 is 9.63 Å². The van der Waals surface area contributed by atoms with Gasteiger partial charge in [0.25, 0.3) is 0 Å². The Hall–Kier alpha value is -3.05. The molecule has 0 saturated carbocycles. The molecule has 0 aliphatic carbocycles. The van der Waals surface area contributed by atoms with Crippen LogP contribution in [0.2, 0.25) is 5.02 Å². The Morgan fingerprint density at radius 2 is 2.11 bits per heavy atom. The molecule has 0 aliphatic rings. The quantitative estimate of drug-likeness (QED) is 0.486. The van der Waals surface area contributed by atoms with Gasteiger partial charge in [-0.05, 0) is 31.6 Å². The molecule has 1 aromatic carbocycles. The molecule has 27 heavy (non-hydrogen) atoms. The van der Waals surface area contributed by atoms with E-state index in [9.17, 15) is 19.7 Å². The summed E-state index contributed by atoms with van der Waals surface area (Å²) >= 11 is 5.99. The van der Waals surface area contributed by atoms with Crippen molar-refractivity contribution in [2.24, 2.45) is 0 Å². The van der Waals surface area contributed by atoms with Crippen molar-refractivity contribution in [3.05, 3.63) is 34.7 Å². The average Bonchev–Trinajstić information content (AvgIpc) is 2.91. The summed E-state index contributed by atoms with van der Waals surface area (Å²) < 4.78 is 20.7. The molecular formula is C18H17ClFN4O3+. The zero-order chi connectivity index (χ0) is 20.1. The molecule has 0 unspecified atom stereocenters. The average molecular weight is 392 g/mol. The van der Waals surface area contributed by atoms with E-state index < -0.39 is 17.5 Å². The van der Waals surface area contributed by atoms with Crippen molar-refractivity contribution in [1.82, 2.24) is 4.98 Å². The van der Waals surface area contributed by atoms with E-state index in [-0.39, 0.29) is 27.3 Å². The molecule has 2 aromatic heterocycles. The monoisotopic (exact) mass is 391 g/mol. The van der Waals surface area contributed by atoms with E-state index in [1.54, 1.807) is 20.8 Å². The first kappa shape index (κ1) is 18.7. The Morgan fingerprint density at radius 1 is 1.44 bits per heavy atom. The third kappa shape index (κ3) is 3.22. The number of hydrogen-bond acceptors (Lipinski definition) is 4. The highest BCUT2D eigenvalue weighted by Gasteiger charge is 2.28. The number of pyridine rings is 1. The molecule has 2 heterocycles. The van der Waals surface area contributed by atoms with E-state index in [4.69, 9.17) is 16.3 Å². The van der Waals surface area contributed by atoms with Crippen molar-refractivity contribution in [3.63, 3.8) is 0 Å². The number of aromatic amines is 1. The first-order valence-corrected chi connectivity index (χ1v) is 8.36. The van der Waals surface area contributed by atoms with Gasteiger partial charge >= 0.3 is 11.7 Å². The summed E-state index contributed by atoms with van der Waals surface area (Å²) in [6.07, 6.45) is 0.556. The van der Waals surface area contributed by atoms with Gasteiger partial charge in [0.2, 0.25) is 0 Å². The van der Waals surface area contributed by atoms with Crippen LogP contribution in [0.5, 0.6) is 0 Å². The van der Waals surface area contributed by atoms with Crippen molar-refractivity contribution < 1.29 is 23.9 Å². The third-order valence-corrected chi connectivity index (χ3v) is 4.13. The predicted octanol–water partition coefficient (Wildman–Crippen LogP) is 3.88. The van der Waals surface area contributed by atoms with Gasteiger partial charge in [0.1, 0.15) is 23.1 Å². The van der Waals surface area contributed by atoms with Gasteiger partial charge in [-0.3, -0.25) is 4.90 Å². The van der Waals surface area contributed by atoms with Gasteiger partial charge in [0, 0.05) is 13.1 Å². The van der Waals surface area contributed by atoms with Gasteiger partial charge in [-0.1, -0.05) is 11.6 Å². The molecule has 140 valence electrons. The van der Waals surface area contributed by atoms with Crippen molar-refractivity contribution in [1.29, 1.82) is 5.26 Å². The molecular weight excluding hydrogens is 375 g/mol. The Labute approximate surface area is 159 Å². The minimum absolute atomic E-state index is 0.156. The number of carbonyl (C=O) groups excluding carboxylic acids is 1. The van der Waals surface area contributed by atoms with Crippen molar-refractivity contribution in [2.75, 3.05) is 11.9 Å². The molecule has 0 spiro atoms. The molecule has 1 amide bonds. The molecule has 7 nitrogen and oxygen atoms in total. The third-order valence-electron chi connectivity index (χ3n) is 3.92. The zero-order valence-electron chi connectivity index (χ0n) is 15.1. The molecule has 0 saturated heterocycles. The number of amides is 1. The summed E-state index contributed by atoms with van der Waals surface area (Å²) in [4.78, 5) is 16.5. The number of benzene rings is 1. The van der Waals surface area contributed by atoms with Crippen LogP contribution in [-0.4, -0.2) is 28.9 Å². The Balaban J connectivity index is 2.34. The highest BCUT2D eigenvalue weighted by Crippen LogP contribution is 2.36. The maximum Gasteiger partial charge on any atom is 0.414 e. The summed E-state index contributed by atoms with van der Waals surface area (Å²) in [5.41, 5.74) is -0.308. The number of halogens is 2. The molecule has 0 aliphatic heterocycles.